The quantitative estimate of drug-likeness (QED) is 0.309. The van der Waals surface area contributed by atoms with Gasteiger partial charge in [-0.05, 0) is 23.3 Å². The van der Waals surface area contributed by atoms with Crippen molar-refractivity contribution in [1.82, 2.24) is 5.32 Å². The highest BCUT2D eigenvalue weighted by Crippen LogP contribution is 2.32. The number of nitrogens with one attached hydrogen (secondary N) is 2. The molecule has 0 atom stereocenters. The summed E-state index contributed by atoms with van der Waals surface area (Å²) in [4.78, 5) is 4.21. The molecule has 3 rings (SSSR count). The molecule has 0 radical (unpaired) electrons. The van der Waals surface area contributed by atoms with Crippen LogP contribution in [0.25, 0.3) is 0 Å². The number of halogens is 4. The van der Waals surface area contributed by atoms with Crippen LogP contribution in [0.15, 0.2) is 47.5 Å². The van der Waals surface area contributed by atoms with E-state index in [9.17, 15) is 13.2 Å². The number of ether oxygens (including phenoxy) is 3. The molecule has 0 aromatic heterocycles. The maximum Gasteiger partial charge on any atom is 0.411 e. The minimum absolute atomic E-state index is 0. The molecule has 0 saturated carbocycles. The number of rotatable bonds is 6. The third kappa shape index (κ3) is 8.44. The molecule has 2 N–H and O–H groups in total. The topological polar surface area (TPSA) is 64.1 Å². The van der Waals surface area contributed by atoms with Crippen LogP contribution in [0.5, 0.6) is 11.5 Å². The molecule has 0 spiro atoms. The second-order valence-corrected chi connectivity index (χ2v) is 6.69. The molecule has 1 aliphatic rings. The van der Waals surface area contributed by atoms with Gasteiger partial charge in [0.15, 0.2) is 17.5 Å². The lowest BCUT2D eigenvalue weighted by atomic mass is 10.1. The fourth-order valence-corrected chi connectivity index (χ4v) is 2.78. The highest BCUT2D eigenvalue weighted by molar-refractivity contribution is 14.0. The fraction of sp³-hybridized carbons (Fsp3) is 0.381. The van der Waals surface area contributed by atoms with Gasteiger partial charge in [0.05, 0.1) is 19.8 Å². The number of hydrogen-bond acceptors (Lipinski definition) is 4. The Kier molecular flexibility index (Phi) is 9.69. The van der Waals surface area contributed by atoms with Gasteiger partial charge in [-0.25, -0.2) is 0 Å². The lowest BCUT2D eigenvalue weighted by Gasteiger charge is -2.14. The molecular formula is C21H25F3IN3O3. The van der Waals surface area contributed by atoms with Crippen LogP contribution >= 0.6 is 24.0 Å². The van der Waals surface area contributed by atoms with Crippen molar-refractivity contribution in [3.05, 3.63) is 53.6 Å². The van der Waals surface area contributed by atoms with Gasteiger partial charge >= 0.3 is 6.18 Å². The number of nitrogens with zero attached hydrogens (tertiary/aromatic N) is 1. The Hall–Kier alpha value is -2.21. The van der Waals surface area contributed by atoms with E-state index in [1.165, 1.54) is 0 Å². The SMILES string of the molecule is CN=C(NCc1ccc(COCC(F)(F)F)cc1)Nc1ccc2c(c1)OCCCO2.I. The van der Waals surface area contributed by atoms with Crippen LogP contribution in [-0.2, 0) is 17.9 Å². The van der Waals surface area contributed by atoms with Crippen LogP contribution in [0, 0.1) is 0 Å². The molecule has 0 bridgehead atoms. The maximum atomic E-state index is 12.1. The van der Waals surface area contributed by atoms with E-state index in [-0.39, 0.29) is 30.6 Å². The van der Waals surface area contributed by atoms with Gasteiger partial charge in [0.2, 0.25) is 0 Å². The van der Waals surface area contributed by atoms with Crippen molar-refractivity contribution in [2.75, 3.05) is 32.2 Å². The van der Waals surface area contributed by atoms with E-state index in [2.05, 4.69) is 20.4 Å². The van der Waals surface area contributed by atoms with E-state index in [4.69, 9.17) is 9.47 Å². The van der Waals surface area contributed by atoms with E-state index in [0.29, 0.717) is 37.0 Å². The lowest BCUT2D eigenvalue weighted by Crippen LogP contribution is -2.30. The molecule has 2 aromatic rings. The fourth-order valence-electron chi connectivity index (χ4n) is 2.78. The molecule has 0 amide bonds. The summed E-state index contributed by atoms with van der Waals surface area (Å²) in [6.45, 7) is 0.406. The van der Waals surface area contributed by atoms with E-state index >= 15 is 0 Å². The standard InChI is InChI=1S/C21H24F3N3O3.HI/c1-25-20(27-17-7-8-18-19(11-17)30-10-2-9-29-18)26-12-15-3-5-16(6-4-15)13-28-14-21(22,23)24;/h3-8,11H,2,9-10,12-14H2,1H3,(H2,25,26,27);1H. The summed E-state index contributed by atoms with van der Waals surface area (Å²) >= 11 is 0. The summed E-state index contributed by atoms with van der Waals surface area (Å²) < 4.78 is 52.4. The number of guanidine groups is 1. The average molecular weight is 551 g/mol. The minimum atomic E-state index is -4.32. The summed E-state index contributed by atoms with van der Waals surface area (Å²) in [5.74, 6) is 1.98. The summed E-state index contributed by atoms with van der Waals surface area (Å²) in [7, 11) is 1.67. The first kappa shape index (κ1) is 25.1. The van der Waals surface area contributed by atoms with Gasteiger partial charge in [-0.3, -0.25) is 4.99 Å². The van der Waals surface area contributed by atoms with E-state index in [1.807, 2.05) is 30.3 Å². The monoisotopic (exact) mass is 551 g/mol. The van der Waals surface area contributed by atoms with Crippen molar-refractivity contribution >= 4 is 35.6 Å². The van der Waals surface area contributed by atoms with Gasteiger partial charge in [-0.1, -0.05) is 24.3 Å². The van der Waals surface area contributed by atoms with Crippen LogP contribution in [0.4, 0.5) is 18.9 Å². The Morgan fingerprint density at radius 1 is 1.03 bits per heavy atom. The number of alkyl halides is 3. The molecular weight excluding hydrogens is 526 g/mol. The van der Waals surface area contributed by atoms with Gasteiger partial charge in [0.1, 0.15) is 6.61 Å². The van der Waals surface area contributed by atoms with E-state index < -0.39 is 12.8 Å². The van der Waals surface area contributed by atoms with Crippen LogP contribution < -0.4 is 20.1 Å². The number of anilines is 1. The first-order chi connectivity index (χ1) is 14.4. The summed E-state index contributed by atoms with van der Waals surface area (Å²) in [6.07, 6.45) is -3.48. The molecule has 2 aromatic carbocycles. The summed E-state index contributed by atoms with van der Waals surface area (Å²) in [6, 6.07) is 12.8. The van der Waals surface area contributed by atoms with Crippen molar-refractivity contribution in [1.29, 1.82) is 0 Å². The summed E-state index contributed by atoms with van der Waals surface area (Å²) in [5.41, 5.74) is 2.44. The van der Waals surface area contributed by atoms with Gasteiger partial charge in [0, 0.05) is 31.8 Å². The van der Waals surface area contributed by atoms with Crippen LogP contribution in [-0.4, -0.2) is 39.0 Å². The van der Waals surface area contributed by atoms with Crippen molar-refractivity contribution < 1.29 is 27.4 Å². The zero-order valence-electron chi connectivity index (χ0n) is 17.0. The van der Waals surface area contributed by atoms with Crippen molar-refractivity contribution in [2.45, 2.75) is 25.7 Å². The summed E-state index contributed by atoms with van der Waals surface area (Å²) in [5, 5.41) is 6.40. The first-order valence-electron chi connectivity index (χ1n) is 9.52. The molecule has 10 heteroatoms. The van der Waals surface area contributed by atoms with Crippen LogP contribution in [0.3, 0.4) is 0 Å². The number of aliphatic imine (C=N–C) groups is 1. The number of benzene rings is 2. The third-order valence-electron chi connectivity index (χ3n) is 4.25. The van der Waals surface area contributed by atoms with Crippen molar-refractivity contribution in [3.63, 3.8) is 0 Å². The van der Waals surface area contributed by atoms with E-state index in [0.717, 1.165) is 23.4 Å². The third-order valence-corrected chi connectivity index (χ3v) is 4.25. The van der Waals surface area contributed by atoms with E-state index in [1.54, 1.807) is 19.2 Å². The Labute approximate surface area is 196 Å². The Bertz CT molecular complexity index is 861. The average Bonchev–Trinajstić information content (AvgIpc) is 2.96. The lowest BCUT2D eigenvalue weighted by molar-refractivity contribution is -0.176. The first-order valence-corrected chi connectivity index (χ1v) is 9.52. The van der Waals surface area contributed by atoms with Crippen LogP contribution in [0.2, 0.25) is 0 Å². The molecule has 0 aliphatic carbocycles. The Balaban J connectivity index is 0.00000341. The molecule has 0 saturated heterocycles. The van der Waals surface area contributed by atoms with Gasteiger partial charge in [-0.2, -0.15) is 13.2 Å². The van der Waals surface area contributed by atoms with Crippen molar-refractivity contribution in [3.8, 4) is 11.5 Å². The second-order valence-electron chi connectivity index (χ2n) is 6.69. The molecule has 1 aliphatic heterocycles. The zero-order chi connectivity index (χ0) is 21.4. The molecule has 31 heavy (non-hydrogen) atoms. The molecule has 0 fully saturated rings. The zero-order valence-corrected chi connectivity index (χ0v) is 19.3. The highest BCUT2D eigenvalue weighted by Gasteiger charge is 2.27. The number of fused-ring (bicyclic) bond motifs is 1. The van der Waals surface area contributed by atoms with Crippen molar-refractivity contribution in [2.24, 2.45) is 4.99 Å². The van der Waals surface area contributed by atoms with Crippen LogP contribution in [0.1, 0.15) is 17.5 Å². The maximum absolute atomic E-state index is 12.1. The molecule has 1 heterocycles. The predicted octanol–water partition coefficient (Wildman–Crippen LogP) is 4.73. The largest absolute Gasteiger partial charge is 0.490 e. The smallest absolute Gasteiger partial charge is 0.411 e. The minimum Gasteiger partial charge on any atom is -0.490 e. The predicted molar refractivity (Wildman–Crippen MR) is 123 cm³/mol. The Morgan fingerprint density at radius 2 is 1.71 bits per heavy atom. The highest BCUT2D eigenvalue weighted by atomic mass is 127. The molecule has 170 valence electrons. The second kappa shape index (κ2) is 12.0. The Morgan fingerprint density at radius 3 is 2.39 bits per heavy atom. The van der Waals surface area contributed by atoms with Gasteiger partial charge in [0.25, 0.3) is 0 Å². The van der Waals surface area contributed by atoms with Gasteiger partial charge < -0.3 is 24.8 Å². The molecule has 0 unspecified atom stereocenters. The van der Waals surface area contributed by atoms with Gasteiger partial charge in [-0.15, -0.1) is 24.0 Å². The normalized spacial score (nSPS) is 13.7. The molecule has 6 nitrogen and oxygen atoms in total. The number of hydrogen-bond donors (Lipinski definition) is 2.